The summed E-state index contributed by atoms with van der Waals surface area (Å²) in [5.41, 5.74) is 7.22. The molecule has 2 heterocycles. The first kappa shape index (κ1) is 17.0. The summed E-state index contributed by atoms with van der Waals surface area (Å²) in [4.78, 5) is 13.7. The highest BCUT2D eigenvalue weighted by atomic mass is 15.3. The fourth-order valence-electron chi connectivity index (χ4n) is 3.45. The lowest BCUT2D eigenvalue weighted by atomic mass is 9.96. The number of likely N-dealkylation sites (N-methyl/N-ethyl adjacent to an activating group) is 1. The Balaban J connectivity index is 1.54. The second-order valence-corrected chi connectivity index (χ2v) is 6.99. The van der Waals surface area contributed by atoms with Crippen LogP contribution < -0.4 is 16.0 Å². The van der Waals surface area contributed by atoms with Crippen molar-refractivity contribution in [3.8, 4) is 0 Å². The highest BCUT2D eigenvalue weighted by molar-refractivity contribution is 5.78. The number of nitrogens with zero attached hydrogens (tertiary/aromatic N) is 4. The number of anilines is 1. The fourth-order valence-corrected chi connectivity index (χ4v) is 3.45. The van der Waals surface area contributed by atoms with Gasteiger partial charge in [-0.05, 0) is 37.6 Å². The average molecular weight is 330 g/mol. The number of piperazine rings is 1. The molecule has 2 fully saturated rings. The number of aromatic nitrogens is 1. The Morgan fingerprint density at radius 2 is 2.00 bits per heavy atom. The molecule has 0 atom stereocenters. The van der Waals surface area contributed by atoms with E-state index in [4.69, 9.17) is 5.73 Å². The lowest BCUT2D eigenvalue weighted by Crippen LogP contribution is -2.44. The summed E-state index contributed by atoms with van der Waals surface area (Å²) >= 11 is 0. The standard InChI is InChI=1S/C18H30N6/c1-23-9-11-24(12-10-23)17-13-15(7-8-20-17)14-21-18(19)22-16-5-3-2-4-6-16/h7-8,13,16H,2-6,9-12,14H2,1H3,(H3,19,21,22). The van der Waals surface area contributed by atoms with Crippen LogP contribution in [0.3, 0.4) is 0 Å². The van der Waals surface area contributed by atoms with Gasteiger partial charge in [-0.1, -0.05) is 19.3 Å². The van der Waals surface area contributed by atoms with E-state index in [1.807, 2.05) is 12.3 Å². The molecule has 0 unspecified atom stereocenters. The Bertz CT molecular complexity index is 544. The number of aliphatic imine (C=N–C) groups is 1. The summed E-state index contributed by atoms with van der Waals surface area (Å²) < 4.78 is 0. The van der Waals surface area contributed by atoms with Gasteiger partial charge in [-0.3, -0.25) is 0 Å². The van der Waals surface area contributed by atoms with E-state index >= 15 is 0 Å². The van der Waals surface area contributed by atoms with Crippen molar-refractivity contribution in [2.45, 2.75) is 44.7 Å². The van der Waals surface area contributed by atoms with Gasteiger partial charge in [-0.25, -0.2) is 9.98 Å². The fraction of sp³-hybridized carbons (Fsp3) is 0.667. The third kappa shape index (κ3) is 4.84. The third-order valence-corrected chi connectivity index (χ3v) is 5.03. The molecular formula is C18H30N6. The number of rotatable bonds is 4. The molecule has 3 rings (SSSR count). The SMILES string of the molecule is CN1CCN(c2cc(CN=C(N)NC3CCCCC3)ccn2)CC1. The van der Waals surface area contributed by atoms with Crippen LogP contribution in [0.5, 0.6) is 0 Å². The molecule has 0 aromatic carbocycles. The Labute approximate surface area is 145 Å². The molecule has 0 spiro atoms. The van der Waals surface area contributed by atoms with Crippen molar-refractivity contribution in [2.24, 2.45) is 10.7 Å². The van der Waals surface area contributed by atoms with Gasteiger partial charge in [0, 0.05) is 38.4 Å². The van der Waals surface area contributed by atoms with Crippen molar-refractivity contribution in [3.05, 3.63) is 23.9 Å². The lowest BCUT2D eigenvalue weighted by molar-refractivity contribution is 0.312. The number of hydrogen-bond donors (Lipinski definition) is 2. The minimum absolute atomic E-state index is 0.501. The molecule has 6 nitrogen and oxygen atoms in total. The van der Waals surface area contributed by atoms with Crippen LogP contribution in [-0.2, 0) is 6.54 Å². The van der Waals surface area contributed by atoms with Crippen LogP contribution in [0.25, 0.3) is 0 Å². The van der Waals surface area contributed by atoms with Crippen molar-refractivity contribution in [3.63, 3.8) is 0 Å². The second-order valence-electron chi connectivity index (χ2n) is 6.99. The minimum Gasteiger partial charge on any atom is -0.370 e. The van der Waals surface area contributed by atoms with Gasteiger partial charge < -0.3 is 20.9 Å². The van der Waals surface area contributed by atoms with Crippen molar-refractivity contribution in [1.29, 1.82) is 0 Å². The summed E-state index contributed by atoms with van der Waals surface area (Å²) in [6.45, 7) is 4.84. The van der Waals surface area contributed by atoms with E-state index in [-0.39, 0.29) is 0 Å². The summed E-state index contributed by atoms with van der Waals surface area (Å²) in [6.07, 6.45) is 8.23. The van der Waals surface area contributed by atoms with Gasteiger partial charge in [-0.2, -0.15) is 0 Å². The molecule has 6 heteroatoms. The molecule has 1 aromatic heterocycles. The topological polar surface area (TPSA) is 69.8 Å². The van der Waals surface area contributed by atoms with Crippen molar-refractivity contribution in [2.75, 3.05) is 38.1 Å². The number of nitrogens with two attached hydrogens (primary N) is 1. The van der Waals surface area contributed by atoms with E-state index in [0.29, 0.717) is 18.5 Å². The number of nitrogens with one attached hydrogen (secondary N) is 1. The van der Waals surface area contributed by atoms with E-state index in [2.05, 4.69) is 38.2 Å². The minimum atomic E-state index is 0.501. The average Bonchev–Trinajstić information content (AvgIpc) is 2.62. The molecule has 1 aromatic rings. The first-order valence-electron chi connectivity index (χ1n) is 9.15. The van der Waals surface area contributed by atoms with Gasteiger partial charge in [0.2, 0.25) is 0 Å². The van der Waals surface area contributed by atoms with Crippen LogP contribution in [0.1, 0.15) is 37.7 Å². The van der Waals surface area contributed by atoms with Gasteiger partial charge in [0.05, 0.1) is 6.54 Å². The van der Waals surface area contributed by atoms with Crippen LogP contribution >= 0.6 is 0 Å². The van der Waals surface area contributed by atoms with E-state index in [0.717, 1.165) is 37.6 Å². The molecular weight excluding hydrogens is 300 g/mol. The lowest BCUT2D eigenvalue weighted by Gasteiger charge is -2.33. The third-order valence-electron chi connectivity index (χ3n) is 5.03. The van der Waals surface area contributed by atoms with E-state index in [9.17, 15) is 0 Å². The van der Waals surface area contributed by atoms with Crippen LogP contribution in [0.2, 0.25) is 0 Å². The molecule has 0 radical (unpaired) electrons. The largest absolute Gasteiger partial charge is 0.370 e. The van der Waals surface area contributed by atoms with E-state index < -0.39 is 0 Å². The molecule has 0 amide bonds. The quantitative estimate of drug-likeness (QED) is 0.648. The Morgan fingerprint density at radius 3 is 2.75 bits per heavy atom. The first-order chi connectivity index (χ1) is 11.7. The predicted molar refractivity (Wildman–Crippen MR) is 99.3 cm³/mol. The van der Waals surface area contributed by atoms with Crippen molar-refractivity contribution in [1.82, 2.24) is 15.2 Å². The summed E-state index contributed by atoms with van der Waals surface area (Å²) in [6, 6.07) is 4.67. The Kier molecular flexibility index (Phi) is 5.91. The second kappa shape index (κ2) is 8.33. The maximum atomic E-state index is 6.06. The van der Waals surface area contributed by atoms with Crippen LogP contribution in [0.4, 0.5) is 5.82 Å². The van der Waals surface area contributed by atoms with Crippen LogP contribution in [-0.4, -0.2) is 55.1 Å². The monoisotopic (exact) mass is 330 g/mol. The zero-order valence-electron chi connectivity index (χ0n) is 14.7. The first-order valence-corrected chi connectivity index (χ1v) is 9.15. The van der Waals surface area contributed by atoms with Gasteiger partial charge in [0.1, 0.15) is 5.82 Å². The number of guanidine groups is 1. The van der Waals surface area contributed by atoms with Crippen LogP contribution in [0.15, 0.2) is 23.3 Å². The summed E-state index contributed by atoms with van der Waals surface area (Å²) in [5, 5.41) is 3.37. The highest BCUT2D eigenvalue weighted by Gasteiger charge is 2.15. The molecule has 0 bridgehead atoms. The zero-order chi connectivity index (χ0) is 16.8. The number of hydrogen-bond acceptors (Lipinski definition) is 4. The van der Waals surface area contributed by atoms with Crippen molar-refractivity contribution < 1.29 is 0 Å². The Hall–Kier alpha value is -1.82. The van der Waals surface area contributed by atoms with Crippen LogP contribution in [0, 0.1) is 0 Å². The Morgan fingerprint density at radius 1 is 1.25 bits per heavy atom. The highest BCUT2D eigenvalue weighted by Crippen LogP contribution is 2.17. The molecule has 1 aliphatic carbocycles. The molecule has 3 N–H and O–H groups in total. The molecule has 1 aliphatic heterocycles. The number of pyridine rings is 1. The summed E-state index contributed by atoms with van der Waals surface area (Å²) in [7, 11) is 2.16. The molecule has 1 saturated heterocycles. The molecule has 1 saturated carbocycles. The van der Waals surface area contributed by atoms with Gasteiger partial charge in [-0.15, -0.1) is 0 Å². The predicted octanol–water partition coefficient (Wildman–Crippen LogP) is 1.57. The summed E-state index contributed by atoms with van der Waals surface area (Å²) in [5.74, 6) is 1.62. The maximum Gasteiger partial charge on any atom is 0.189 e. The van der Waals surface area contributed by atoms with E-state index in [1.165, 1.54) is 32.1 Å². The van der Waals surface area contributed by atoms with Crippen molar-refractivity contribution >= 4 is 11.8 Å². The van der Waals surface area contributed by atoms with Gasteiger partial charge >= 0.3 is 0 Å². The molecule has 2 aliphatic rings. The van der Waals surface area contributed by atoms with Gasteiger partial charge in [0.25, 0.3) is 0 Å². The maximum absolute atomic E-state index is 6.06. The smallest absolute Gasteiger partial charge is 0.189 e. The normalized spacial score (nSPS) is 21.0. The van der Waals surface area contributed by atoms with Gasteiger partial charge in [0.15, 0.2) is 5.96 Å². The molecule has 132 valence electrons. The van der Waals surface area contributed by atoms with E-state index in [1.54, 1.807) is 0 Å². The molecule has 24 heavy (non-hydrogen) atoms. The zero-order valence-corrected chi connectivity index (χ0v) is 14.7.